The summed E-state index contributed by atoms with van der Waals surface area (Å²) in [6, 6.07) is 7.55. The van der Waals surface area contributed by atoms with Crippen molar-refractivity contribution in [3.8, 4) is 0 Å². The van der Waals surface area contributed by atoms with Crippen LogP contribution in [0.15, 0.2) is 48.6 Å². The van der Waals surface area contributed by atoms with Gasteiger partial charge in [0.2, 0.25) is 0 Å². The summed E-state index contributed by atoms with van der Waals surface area (Å²) in [6.45, 7) is 1.94. The van der Waals surface area contributed by atoms with E-state index in [4.69, 9.17) is 16.3 Å². The molecule has 1 unspecified atom stereocenters. The Labute approximate surface area is 184 Å². The second-order valence-corrected chi connectivity index (χ2v) is 8.22. The van der Waals surface area contributed by atoms with Crippen LogP contribution < -0.4 is 15.5 Å². The van der Waals surface area contributed by atoms with Crippen LogP contribution in [0.1, 0.15) is 31.1 Å². The minimum Gasteiger partial charge on any atom is -0.472 e. The number of nitrogens with one attached hydrogen (secondary N) is 2. The highest BCUT2D eigenvalue weighted by atomic mass is 35.5. The van der Waals surface area contributed by atoms with Gasteiger partial charge in [0.05, 0.1) is 16.9 Å². The van der Waals surface area contributed by atoms with Crippen LogP contribution in [0.5, 0.6) is 0 Å². The van der Waals surface area contributed by atoms with E-state index < -0.39 is 6.23 Å². The quantitative estimate of drug-likeness (QED) is 0.604. The van der Waals surface area contributed by atoms with Gasteiger partial charge in [0.1, 0.15) is 17.1 Å². The lowest BCUT2D eigenvalue weighted by Crippen LogP contribution is -2.31. The molecule has 5 rings (SSSR count). The summed E-state index contributed by atoms with van der Waals surface area (Å²) in [5, 5.41) is 12.1. The van der Waals surface area contributed by atoms with E-state index in [1.54, 1.807) is 23.0 Å². The van der Waals surface area contributed by atoms with Crippen molar-refractivity contribution in [1.29, 1.82) is 0 Å². The molecule has 1 fully saturated rings. The fourth-order valence-electron chi connectivity index (χ4n) is 4.08. The number of hydrogen-bond donors (Lipinski definition) is 2. The van der Waals surface area contributed by atoms with Crippen molar-refractivity contribution in [2.24, 2.45) is 7.05 Å². The third-order valence-corrected chi connectivity index (χ3v) is 5.79. The molecule has 1 amide bonds. The van der Waals surface area contributed by atoms with Gasteiger partial charge in [-0.05, 0) is 43.5 Å². The van der Waals surface area contributed by atoms with Crippen molar-refractivity contribution >= 4 is 39.8 Å². The van der Waals surface area contributed by atoms with Crippen molar-refractivity contribution in [2.45, 2.75) is 25.5 Å². The van der Waals surface area contributed by atoms with Crippen molar-refractivity contribution in [1.82, 2.24) is 20.1 Å². The van der Waals surface area contributed by atoms with Gasteiger partial charge in [-0.2, -0.15) is 5.10 Å². The predicted molar refractivity (Wildman–Crippen MR) is 120 cm³/mol. The third-order valence-electron chi connectivity index (χ3n) is 5.59. The number of carbonyl (C=O) groups is 1. The summed E-state index contributed by atoms with van der Waals surface area (Å²) in [5.41, 5.74) is 3.83. The Kier molecular flexibility index (Phi) is 5.15. The number of anilines is 2. The first-order valence-electron chi connectivity index (χ1n) is 10.3. The largest absolute Gasteiger partial charge is 0.472 e. The Morgan fingerprint density at radius 1 is 1.26 bits per heavy atom. The normalized spacial score (nSPS) is 18.5. The van der Waals surface area contributed by atoms with Crippen molar-refractivity contribution < 1.29 is 9.53 Å². The zero-order valence-corrected chi connectivity index (χ0v) is 17.9. The zero-order valence-electron chi connectivity index (χ0n) is 17.1. The molecule has 8 nitrogen and oxygen atoms in total. The number of hydrogen-bond acceptors (Lipinski definition) is 6. The molecule has 0 saturated carbocycles. The summed E-state index contributed by atoms with van der Waals surface area (Å²) in [4.78, 5) is 19.3. The number of halogens is 1. The summed E-state index contributed by atoms with van der Waals surface area (Å²) >= 11 is 5.97. The van der Waals surface area contributed by atoms with Crippen LogP contribution in [0.2, 0.25) is 5.15 Å². The maximum atomic E-state index is 13.0. The number of amides is 1. The molecule has 3 aromatic rings. The third kappa shape index (κ3) is 4.03. The van der Waals surface area contributed by atoms with E-state index >= 15 is 0 Å². The molecule has 2 N–H and O–H groups in total. The molecule has 1 aromatic carbocycles. The maximum absolute atomic E-state index is 13.0. The van der Waals surface area contributed by atoms with E-state index in [0.29, 0.717) is 10.9 Å². The van der Waals surface area contributed by atoms with Crippen LogP contribution in [0.4, 0.5) is 11.4 Å². The molecule has 0 bridgehead atoms. The number of benzene rings is 1. The summed E-state index contributed by atoms with van der Waals surface area (Å²) in [6.07, 6.45) is 8.04. The van der Waals surface area contributed by atoms with E-state index in [1.165, 1.54) is 12.7 Å². The molecular weight excluding hydrogens is 416 g/mol. The molecule has 0 spiro atoms. The minimum atomic E-state index is -0.483. The molecule has 2 aromatic heterocycles. The van der Waals surface area contributed by atoms with Gasteiger partial charge in [0.25, 0.3) is 5.91 Å². The minimum absolute atomic E-state index is 0.260. The molecule has 31 heavy (non-hydrogen) atoms. The first kappa shape index (κ1) is 19.7. The molecular formula is C22H23ClN6O2. The first-order valence-corrected chi connectivity index (χ1v) is 10.7. The number of fused-ring (bicyclic) bond motifs is 1. The van der Waals surface area contributed by atoms with Crippen molar-refractivity contribution in [3.63, 3.8) is 0 Å². The standard InChI is InChI=1S/C22H23ClN6O2/c1-28-12-15-9-17(19(11-16(15)27-28)29-7-3-2-4-8-29)25-21(30)18-13-31-22(26-18)14-5-6-24-20(23)10-14/h5-6,9-13,22,26H,2-4,7-8H2,1H3,(H,25,30). The highest BCUT2D eigenvalue weighted by Crippen LogP contribution is 2.33. The number of aryl methyl sites for hydroxylation is 1. The molecule has 1 saturated heterocycles. The van der Waals surface area contributed by atoms with E-state index in [-0.39, 0.29) is 5.91 Å². The Morgan fingerprint density at radius 2 is 2.10 bits per heavy atom. The number of aromatic nitrogens is 3. The topological polar surface area (TPSA) is 84.3 Å². The second kappa shape index (κ2) is 8.11. The number of nitrogens with zero attached hydrogens (tertiary/aromatic N) is 4. The lowest BCUT2D eigenvalue weighted by molar-refractivity contribution is -0.113. The van der Waals surface area contributed by atoms with Crippen LogP contribution in [0.25, 0.3) is 10.9 Å². The van der Waals surface area contributed by atoms with Gasteiger partial charge in [0.15, 0.2) is 6.23 Å². The smallest absolute Gasteiger partial charge is 0.275 e. The van der Waals surface area contributed by atoms with Gasteiger partial charge < -0.3 is 20.3 Å². The van der Waals surface area contributed by atoms with Crippen LogP contribution in [-0.2, 0) is 16.6 Å². The lowest BCUT2D eigenvalue weighted by atomic mass is 10.1. The average Bonchev–Trinajstić information content (AvgIpc) is 3.40. The lowest BCUT2D eigenvalue weighted by Gasteiger charge is -2.30. The molecule has 2 aliphatic heterocycles. The molecule has 0 aliphatic carbocycles. The summed E-state index contributed by atoms with van der Waals surface area (Å²) in [7, 11) is 1.90. The van der Waals surface area contributed by atoms with Crippen LogP contribution >= 0.6 is 11.6 Å². The van der Waals surface area contributed by atoms with E-state index in [1.807, 2.05) is 19.3 Å². The van der Waals surface area contributed by atoms with E-state index in [2.05, 4.69) is 31.7 Å². The highest BCUT2D eigenvalue weighted by molar-refractivity contribution is 6.29. The SMILES string of the molecule is Cn1cc2cc(NC(=O)C3=COC(c4ccnc(Cl)c4)N3)c(N3CCCCC3)cc2n1. The van der Waals surface area contributed by atoms with Gasteiger partial charge in [0, 0.05) is 43.5 Å². The Hall–Kier alpha value is -3.26. The predicted octanol–water partition coefficient (Wildman–Crippen LogP) is 3.71. The van der Waals surface area contributed by atoms with Gasteiger partial charge in [-0.15, -0.1) is 0 Å². The fraction of sp³-hybridized carbons (Fsp3) is 0.318. The zero-order chi connectivity index (χ0) is 21.4. The first-order chi connectivity index (χ1) is 15.1. The van der Waals surface area contributed by atoms with Crippen LogP contribution in [-0.4, -0.2) is 33.8 Å². The van der Waals surface area contributed by atoms with Crippen LogP contribution in [0.3, 0.4) is 0 Å². The molecule has 9 heteroatoms. The maximum Gasteiger partial charge on any atom is 0.275 e. The van der Waals surface area contributed by atoms with Gasteiger partial charge in [-0.1, -0.05) is 11.6 Å². The number of piperidine rings is 1. The second-order valence-electron chi connectivity index (χ2n) is 7.84. The number of carbonyl (C=O) groups excluding carboxylic acids is 1. The van der Waals surface area contributed by atoms with Crippen LogP contribution in [0, 0.1) is 0 Å². The number of rotatable bonds is 4. The van der Waals surface area contributed by atoms with Crippen molar-refractivity contribution in [2.75, 3.05) is 23.3 Å². The fourth-order valence-corrected chi connectivity index (χ4v) is 4.26. The molecule has 160 valence electrons. The van der Waals surface area contributed by atoms with Gasteiger partial charge >= 0.3 is 0 Å². The summed E-state index contributed by atoms with van der Waals surface area (Å²) < 4.78 is 7.43. The van der Waals surface area contributed by atoms with E-state index in [0.717, 1.165) is 53.8 Å². The van der Waals surface area contributed by atoms with E-state index in [9.17, 15) is 4.79 Å². The van der Waals surface area contributed by atoms with Crippen molar-refractivity contribution in [3.05, 3.63) is 59.3 Å². The monoisotopic (exact) mass is 438 g/mol. The Bertz CT molecular complexity index is 1170. The Morgan fingerprint density at radius 3 is 2.90 bits per heavy atom. The number of pyridine rings is 1. The van der Waals surface area contributed by atoms with Gasteiger partial charge in [-0.3, -0.25) is 9.48 Å². The van der Waals surface area contributed by atoms with Gasteiger partial charge in [-0.25, -0.2) is 4.98 Å². The molecule has 4 heterocycles. The summed E-state index contributed by atoms with van der Waals surface area (Å²) in [5.74, 6) is -0.260. The highest BCUT2D eigenvalue weighted by Gasteiger charge is 2.25. The molecule has 2 aliphatic rings. The molecule has 1 atom stereocenters. The number of ether oxygens (including phenoxy) is 1. The Balaban J connectivity index is 1.38. The average molecular weight is 439 g/mol. The molecule has 0 radical (unpaired) electrons.